The highest BCUT2D eigenvalue weighted by Gasteiger charge is 2.14. The van der Waals surface area contributed by atoms with Crippen LogP contribution in [0.5, 0.6) is 11.6 Å². The monoisotopic (exact) mass is 351 g/mol. The molecule has 0 aliphatic carbocycles. The van der Waals surface area contributed by atoms with Crippen molar-refractivity contribution in [1.82, 2.24) is 14.7 Å². The second-order valence-corrected chi connectivity index (χ2v) is 6.04. The largest absolute Gasteiger partial charge is 0.437 e. The van der Waals surface area contributed by atoms with E-state index in [0.717, 1.165) is 34.0 Å². The molecule has 0 saturated carbocycles. The zero-order valence-corrected chi connectivity index (χ0v) is 13.4. The summed E-state index contributed by atoms with van der Waals surface area (Å²) in [5, 5.41) is 5.35. The number of imidazole rings is 1. The van der Waals surface area contributed by atoms with Gasteiger partial charge in [0, 0.05) is 22.6 Å². The smallest absolute Gasteiger partial charge is 0.243 e. The van der Waals surface area contributed by atoms with Gasteiger partial charge in [-0.2, -0.15) is 4.98 Å². The average Bonchev–Trinajstić information content (AvgIpc) is 3.00. The molecule has 0 bridgehead atoms. The molecule has 0 amide bonds. The van der Waals surface area contributed by atoms with Gasteiger partial charge in [0.25, 0.3) is 0 Å². The second kappa shape index (κ2) is 5.95. The molecule has 3 rings (SSSR count). The summed E-state index contributed by atoms with van der Waals surface area (Å²) < 4.78 is 9.02. The van der Waals surface area contributed by atoms with E-state index in [1.807, 2.05) is 35.8 Å². The summed E-state index contributed by atoms with van der Waals surface area (Å²) >= 11 is 5.02. The number of rotatable bonds is 5. The zero-order chi connectivity index (χ0) is 13.9. The number of hydrogen-bond donors (Lipinski definition) is 1. The molecule has 3 aromatic rings. The van der Waals surface area contributed by atoms with E-state index in [1.54, 1.807) is 11.3 Å². The van der Waals surface area contributed by atoms with Crippen molar-refractivity contribution in [1.29, 1.82) is 0 Å². The third-order valence-electron chi connectivity index (χ3n) is 2.89. The molecule has 1 aromatic carbocycles. The first-order valence-electron chi connectivity index (χ1n) is 6.36. The van der Waals surface area contributed by atoms with Gasteiger partial charge in [-0.25, -0.2) is 0 Å². The van der Waals surface area contributed by atoms with Gasteiger partial charge in [-0.3, -0.25) is 4.40 Å². The van der Waals surface area contributed by atoms with Crippen LogP contribution in [0.15, 0.2) is 40.3 Å². The van der Waals surface area contributed by atoms with E-state index in [-0.39, 0.29) is 0 Å². The first-order chi connectivity index (χ1) is 9.78. The molecule has 2 aromatic heterocycles. The van der Waals surface area contributed by atoms with E-state index in [2.05, 4.69) is 37.6 Å². The number of nitrogens with one attached hydrogen (secondary N) is 1. The van der Waals surface area contributed by atoms with Crippen LogP contribution in [0.2, 0.25) is 0 Å². The summed E-state index contributed by atoms with van der Waals surface area (Å²) in [6.07, 6.45) is 2.02. The Labute approximate surface area is 129 Å². The fraction of sp³-hybridized carbons (Fsp3) is 0.214. The van der Waals surface area contributed by atoms with Crippen LogP contribution in [-0.4, -0.2) is 15.9 Å². The highest BCUT2D eigenvalue weighted by Crippen LogP contribution is 2.28. The first kappa shape index (κ1) is 13.6. The Morgan fingerprint density at radius 2 is 2.15 bits per heavy atom. The quantitative estimate of drug-likeness (QED) is 0.753. The predicted molar refractivity (Wildman–Crippen MR) is 84.7 cm³/mol. The van der Waals surface area contributed by atoms with Crippen LogP contribution in [0.1, 0.15) is 12.6 Å². The normalized spacial score (nSPS) is 11.1. The van der Waals surface area contributed by atoms with Gasteiger partial charge in [-0.05, 0) is 30.8 Å². The van der Waals surface area contributed by atoms with E-state index in [0.29, 0.717) is 5.88 Å². The summed E-state index contributed by atoms with van der Waals surface area (Å²) in [5.41, 5.74) is 1.05. The van der Waals surface area contributed by atoms with Crippen LogP contribution in [0.3, 0.4) is 0 Å². The standard InChI is InChI=1S/C14H14BrN3OS/c1-2-16-9-12-13(17-14-18(12)7-8-20-14)19-11-5-3-10(15)4-6-11/h3-8,16H,2,9H2,1H3. The topological polar surface area (TPSA) is 38.6 Å². The fourth-order valence-corrected chi connectivity index (χ4v) is 2.90. The van der Waals surface area contributed by atoms with Crippen molar-refractivity contribution < 1.29 is 4.74 Å². The number of nitrogens with zero attached hydrogens (tertiary/aromatic N) is 2. The van der Waals surface area contributed by atoms with Gasteiger partial charge in [-0.1, -0.05) is 22.9 Å². The molecule has 4 nitrogen and oxygen atoms in total. The van der Waals surface area contributed by atoms with Gasteiger partial charge < -0.3 is 10.1 Å². The molecule has 104 valence electrons. The van der Waals surface area contributed by atoms with Crippen molar-refractivity contribution in [2.75, 3.05) is 6.54 Å². The maximum Gasteiger partial charge on any atom is 0.243 e. The van der Waals surface area contributed by atoms with Crippen LogP contribution >= 0.6 is 27.3 Å². The SMILES string of the molecule is CCNCc1c(Oc2ccc(Br)cc2)nc2sccn12. The van der Waals surface area contributed by atoms with Gasteiger partial charge in [0.2, 0.25) is 5.88 Å². The summed E-state index contributed by atoms with van der Waals surface area (Å²) in [5.74, 6) is 1.46. The van der Waals surface area contributed by atoms with Crippen molar-refractivity contribution in [3.8, 4) is 11.6 Å². The minimum atomic E-state index is 0.667. The van der Waals surface area contributed by atoms with Crippen LogP contribution < -0.4 is 10.1 Å². The maximum atomic E-state index is 5.92. The summed E-state index contributed by atoms with van der Waals surface area (Å²) in [4.78, 5) is 5.50. The Kier molecular flexibility index (Phi) is 4.05. The van der Waals surface area contributed by atoms with E-state index in [4.69, 9.17) is 4.74 Å². The number of aromatic nitrogens is 2. The van der Waals surface area contributed by atoms with E-state index >= 15 is 0 Å². The zero-order valence-electron chi connectivity index (χ0n) is 11.0. The lowest BCUT2D eigenvalue weighted by atomic mass is 10.3. The fourth-order valence-electron chi connectivity index (χ4n) is 1.91. The number of fused-ring (bicyclic) bond motifs is 1. The number of hydrogen-bond acceptors (Lipinski definition) is 4. The van der Waals surface area contributed by atoms with Crippen molar-refractivity contribution in [2.45, 2.75) is 13.5 Å². The lowest BCUT2D eigenvalue weighted by Crippen LogP contribution is -2.13. The lowest BCUT2D eigenvalue weighted by Gasteiger charge is -2.06. The number of thiazole rings is 1. The van der Waals surface area contributed by atoms with Crippen molar-refractivity contribution >= 4 is 32.2 Å². The van der Waals surface area contributed by atoms with Crippen molar-refractivity contribution in [2.24, 2.45) is 0 Å². The molecule has 1 N–H and O–H groups in total. The molecule has 0 atom stereocenters. The molecule has 0 aliphatic rings. The number of ether oxygens (including phenoxy) is 1. The minimum absolute atomic E-state index is 0.667. The Morgan fingerprint density at radius 1 is 1.35 bits per heavy atom. The summed E-state index contributed by atoms with van der Waals surface area (Å²) in [6, 6.07) is 7.76. The highest BCUT2D eigenvalue weighted by atomic mass is 79.9. The van der Waals surface area contributed by atoms with Gasteiger partial charge in [0.15, 0.2) is 4.96 Å². The van der Waals surface area contributed by atoms with Crippen LogP contribution in [0.4, 0.5) is 0 Å². The summed E-state index contributed by atoms with van der Waals surface area (Å²) in [7, 11) is 0. The highest BCUT2D eigenvalue weighted by molar-refractivity contribution is 9.10. The third-order valence-corrected chi connectivity index (χ3v) is 4.18. The lowest BCUT2D eigenvalue weighted by molar-refractivity contribution is 0.456. The Morgan fingerprint density at radius 3 is 2.90 bits per heavy atom. The predicted octanol–water partition coefficient (Wildman–Crippen LogP) is 4.06. The molecule has 0 spiro atoms. The molecule has 20 heavy (non-hydrogen) atoms. The minimum Gasteiger partial charge on any atom is -0.437 e. The molecular weight excluding hydrogens is 338 g/mol. The Balaban J connectivity index is 1.93. The molecular formula is C14H14BrN3OS. The average molecular weight is 352 g/mol. The van der Waals surface area contributed by atoms with E-state index in [9.17, 15) is 0 Å². The Hall–Kier alpha value is -1.37. The maximum absolute atomic E-state index is 5.92. The Bertz CT molecular complexity index is 705. The summed E-state index contributed by atoms with van der Waals surface area (Å²) in [6.45, 7) is 3.73. The molecule has 0 fully saturated rings. The molecule has 0 radical (unpaired) electrons. The van der Waals surface area contributed by atoms with Crippen LogP contribution in [-0.2, 0) is 6.54 Å². The second-order valence-electron chi connectivity index (χ2n) is 4.26. The van der Waals surface area contributed by atoms with Gasteiger partial charge in [0.1, 0.15) is 11.4 Å². The van der Waals surface area contributed by atoms with E-state index < -0.39 is 0 Å². The number of halogens is 1. The van der Waals surface area contributed by atoms with Gasteiger partial charge in [-0.15, -0.1) is 11.3 Å². The molecule has 0 aliphatic heterocycles. The van der Waals surface area contributed by atoms with Crippen LogP contribution in [0.25, 0.3) is 4.96 Å². The molecule has 0 unspecified atom stereocenters. The third kappa shape index (κ3) is 2.72. The number of benzene rings is 1. The van der Waals surface area contributed by atoms with Crippen LogP contribution in [0, 0.1) is 0 Å². The molecule has 6 heteroatoms. The first-order valence-corrected chi connectivity index (χ1v) is 8.03. The van der Waals surface area contributed by atoms with Gasteiger partial charge in [0.05, 0.1) is 0 Å². The molecule has 2 heterocycles. The van der Waals surface area contributed by atoms with Crippen molar-refractivity contribution in [3.63, 3.8) is 0 Å². The van der Waals surface area contributed by atoms with Gasteiger partial charge >= 0.3 is 0 Å². The van der Waals surface area contributed by atoms with E-state index in [1.165, 1.54) is 0 Å². The van der Waals surface area contributed by atoms with Crippen molar-refractivity contribution in [3.05, 3.63) is 46.0 Å². The molecule has 0 saturated heterocycles.